The van der Waals surface area contributed by atoms with E-state index in [4.69, 9.17) is 12.6 Å². The van der Waals surface area contributed by atoms with Crippen LogP contribution in [-0.2, 0) is 0 Å². The van der Waals surface area contributed by atoms with Crippen molar-refractivity contribution in [3.63, 3.8) is 0 Å². The number of hydrogen-bond donors (Lipinski definition) is 1. The summed E-state index contributed by atoms with van der Waals surface area (Å²) in [7, 11) is 0. The molecular formula is C39H42BNS. The molecule has 1 saturated carbocycles. The lowest BCUT2D eigenvalue weighted by atomic mass is 9.35. The van der Waals surface area contributed by atoms with Crippen molar-refractivity contribution in [2.45, 2.75) is 82.6 Å². The van der Waals surface area contributed by atoms with Gasteiger partial charge in [0.05, 0.1) is 5.54 Å². The van der Waals surface area contributed by atoms with E-state index in [1.807, 2.05) is 0 Å². The summed E-state index contributed by atoms with van der Waals surface area (Å²) in [4.78, 5) is 3.76. The van der Waals surface area contributed by atoms with Crippen molar-refractivity contribution in [2.24, 2.45) is 5.41 Å². The van der Waals surface area contributed by atoms with E-state index in [9.17, 15) is 0 Å². The Labute approximate surface area is 258 Å². The molecular weight excluding hydrogens is 525 g/mol. The van der Waals surface area contributed by atoms with Crippen LogP contribution in [0.2, 0.25) is 0 Å². The maximum absolute atomic E-state index is 5.31. The lowest BCUT2D eigenvalue weighted by Gasteiger charge is -2.57. The third kappa shape index (κ3) is 4.47. The van der Waals surface area contributed by atoms with E-state index in [0.29, 0.717) is 0 Å². The highest BCUT2D eigenvalue weighted by molar-refractivity contribution is 7.80. The molecule has 2 aliphatic carbocycles. The second kappa shape index (κ2) is 10.8. The van der Waals surface area contributed by atoms with Crippen LogP contribution < -0.4 is 15.8 Å². The summed E-state index contributed by atoms with van der Waals surface area (Å²) in [6, 6.07) is 25.0. The van der Waals surface area contributed by atoms with E-state index in [1.54, 1.807) is 0 Å². The highest BCUT2D eigenvalue weighted by Gasteiger charge is 2.52. The van der Waals surface area contributed by atoms with Crippen molar-refractivity contribution in [3.8, 4) is 11.1 Å². The fourth-order valence-electron chi connectivity index (χ4n) is 8.28. The smallest absolute Gasteiger partial charge is 0.247 e. The SMILES string of the molecule is C/C1=C\C=C/C2=CN(c3cc(-c4cccc(C5=CCCCC5)c4)cc(S)c3B2c2ccccc2)C2(C)CCCCC12C. The maximum Gasteiger partial charge on any atom is 0.247 e. The van der Waals surface area contributed by atoms with E-state index in [-0.39, 0.29) is 17.7 Å². The summed E-state index contributed by atoms with van der Waals surface area (Å²) in [5, 5.41) is 0. The van der Waals surface area contributed by atoms with Gasteiger partial charge in [-0.1, -0.05) is 109 Å². The van der Waals surface area contributed by atoms with Crippen molar-refractivity contribution in [3.05, 3.63) is 114 Å². The number of fused-ring (bicyclic) bond motifs is 5. The summed E-state index contributed by atoms with van der Waals surface area (Å²) < 4.78 is 0. The average Bonchev–Trinajstić information content (AvgIpc) is 3.05. The van der Waals surface area contributed by atoms with Crippen molar-refractivity contribution >= 4 is 41.5 Å². The molecule has 2 aliphatic heterocycles. The van der Waals surface area contributed by atoms with Gasteiger partial charge in [0.25, 0.3) is 0 Å². The molecule has 0 radical (unpaired) electrons. The Morgan fingerprint density at radius 3 is 2.45 bits per heavy atom. The zero-order valence-electron chi connectivity index (χ0n) is 25.4. The largest absolute Gasteiger partial charge is 0.342 e. The van der Waals surface area contributed by atoms with Crippen molar-refractivity contribution < 1.29 is 0 Å². The molecule has 4 aliphatic rings. The van der Waals surface area contributed by atoms with Crippen LogP contribution in [0.1, 0.15) is 77.7 Å². The normalized spacial score (nSPS) is 27.3. The van der Waals surface area contributed by atoms with Gasteiger partial charge in [0.2, 0.25) is 6.71 Å². The third-order valence-electron chi connectivity index (χ3n) is 11.1. The third-order valence-corrected chi connectivity index (χ3v) is 11.5. The van der Waals surface area contributed by atoms with E-state index < -0.39 is 0 Å². The number of rotatable bonds is 3. The van der Waals surface area contributed by atoms with E-state index >= 15 is 0 Å². The number of anilines is 1. The molecule has 0 amide bonds. The van der Waals surface area contributed by atoms with Crippen LogP contribution >= 0.6 is 12.6 Å². The summed E-state index contributed by atoms with van der Waals surface area (Å²) in [5.74, 6) is 0. The Morgan fingerprint density at radius 2 is 1.64 bits per heavy atom. The molecule has 3 aromatic carbocycles. The molecule has 3 heteroatoms. The first kappa shape index (κ1) is 27.7. The molecule has 1 nitrogen and oxygen atoms in total. The lowest BCUT2D eigenvalue weighted by molar-refractivity contribution is 0.132. The minimum Gasteiger partial charge on any atom is -0.342 e. The van der Waals surface area contributed by atoms with Crippen LogP contribution in [0.4, 0.5) is 5.69 Å². The highest BCUT2D eigenvalue weighted by atomic mass is 32.1. The Bertz CT molecular complexity index is 1650. The minimum atomic E-state index is -0.0485. The molecule has 42 heavy (non-hydrogen) atoms. The second-order valence-corrected chi connectivity index (χ2v) is 13.8. The van der Waals surface area contributed by atoms with Gasteiger partial charge in [-0.3, -0.25) is 0 Å². The summed E-state index contributed by atoms with van der Waals surface area (Å²) in [6.07, 6.45) is 21.9. The van der Waals surface area contributed by atoms with E-state index in [0.717, 1.165) is 4.90 Å². The van der Waals surface area contributed by atoms with Crippen LogP contribution in [0, 0.1) is 5.41 Å². The Morgan fingerprint density at radius 1 is 0.833 bits per heavy atom. The van der Waals surface area contributed by atoms with Crippen molar-refractivity contribution in [2.75, 3.05) is 4.90 Å². The Kier molecular flexibility index (Phi) is 7.13. The molecule has 0 saturated heterocycles. The first-order chi connectivity index (χ1) is 20.4. The van der Waals surface area contributed by atoms with Crippen LogP contribution in [0.15, 0.2) is 113 Å². The first-order valence-corrected chi connectivity index (χ1v) is 16.4. The lowest BCUT2D eigenvalue weighted by Crippen LogP contribution is -2.61. The molecule has 212 valence electrons. The molecule has 3 aromatic rings. The van der Waals surface area contributed by atoms with Gasteiger partial charge in [-0.25, -0.2) is 0 Å². The summed E-state index contributed by atoms with van der Waals surface area (Å²) in [6.45, 7) is 7.53. The van der Waals surface area contributed by atoms with Crippen LogP contribution in [-0.4, -0.2) is 12.3 Å². The minimum absolute atomic E-state index is 0.0485. The molecule has 2 heterocycles. The molecule has 0 N–H and O–H groups in total. The maximum atomic E-state index is 5.31. The number of benzene rings is 3. The second-order valence-electron chi connectivity index (χ2n) is 13.3. The van der Waals surface area contributed by atoms with Gasteiger partial charge in [-0.05, 0) is 104 Å². The molecule has 2 unspecified atom stereocenters. The monoisotopic (exact) mass is 567 g/mol. The average molecular weight is 568 g/mol. The summed E-state index contributed by atoms with van der Waals surface area (Å²) in [5.41, 5.74) is 12.2. The number of hydrogen-bond acceptors (Lipinski definition) is 2. The zero-order valence-corrected chi connectivity index (χ0v) is 26.3. The van der Waals surface area contributed by atoms with Gasteiger partial charge in [0.1, 0.15) is 0 Å². The summed E-state index contributed by atoms with van der Waals surface area (Å²) >= 11 is 5.31. The fourth-order valence-corrected chi connectivity index (χ4v) is 8.67. The van der Waals surface area contributed by atoms with Gasteiger partial charge in [0, 0.05) is 16.0 Å². The quantitative estimate of drug-likeness (QED) is 0.244. The predicted molar refractivity (Wildman–Crippen MR) is 185 cm³/mol. The Balaban J connectivity index is 1.46. The van der Waals surface area contributed by atoms with Gasteiger partial charge in [0.15, 0.2) is 0 Å². The van der Waals surface area contributed by atoms with Crippen LogP contribution in [0.25, 0.3) is 16.7 Å². The molecule has 2 atom stereocenters. The van der Waals surface area contributed by atoms with Gasteiger partial charge < -0.3 is 4.90 Å². The Hall–Kier alpha value is -3.17. The molecule has 2 bridgehead atoms. The van der Waals surface area contributed by atoms with Gasteiger partial charge >= 0.3 is 0 Å². The molecule has 1 fully saturated rings. The van der Waals surface area contributed by atoms with E-state index in [2.05, 4.69) is 123 Å². The number of nitrogens with zero attached hydrogens (tertiary/aromatic N) is 1. The van der Waals surface area contributed by atoms with Gasteiger partial charge in [-0.2, -0.15) is 0 Å². The predicted octanol–water partition coefficient (Wildman–Crippen LogP) is 9.31. The molecule has 7 rings (SSSR count). The van der Waals surface area contributed by atoms with Gasteiger partial charge in [-0.15, -0.1) is 12.6 Å². The van der Waals surface area contributed by atoms with E-state index in [1.165, 1.54) is 101 Å². The standard InChI is InChI=1S/C39H42BNS/c1-28-14-12-21-34-27-41(39(3)23-11-10-22-38(28,39)2)35-25-32(26-36(42)37(35)40(34)33-19-8-5-9-20-33)31-18-13-17-30(24-31)29-15-6-4-7-16-29/h5,8-9,12-15,17-21,24-27,42H,4,6-7,10-11,16,22-23H2,1-3H3/b21-12-,28-14+. The van der Waals surface area contributed by atoms with Crippen molar-refractivity contribution in [1.29, 1.82) is 0 Å². The first-order valence-electron chi connectivity index (χ1n) is 16.0. The topological polar surface area (TPSA) is 3.24 Å². The molecule has 0 spiro atoms. The fraction of sp³-hybridized carbons (Fsp3) is 0.333. The van der Waals surface area contributed by atoms with Crippen LogP contribution in [0.5, 0.6) is 0 Å². The molecule has 0 aromatic heterocycles. The number of thiol groups is 1. The van der Waals surface area contributed by atoms with Crippen molar-refractivity contribution in [1.82, 2.24) is 0 Å². The zero-order chi connectivity index (χ0) is 28.9. The number of allylic oxidation sites excluding steroid dienone is 6. The van der Waals surface area contributed by atoms with Crippen LogP contribution in [0.3, 0.4) is 0 Å². The highest BCUT2D eigenvalue weighted by Crippen LogP contribution is 2.54.